The first-order chi connectivity index (χ1) is 15.8. The standard InChI is InChI=1S/C24H20N4O5/c1-15-4-8-17(9-5-15)25-21(29)14-28-22(30)20(26-24(28)33)13-19-3-2-12-27(19)18-10-6-16(7-11-18)23(31)32/h2-13H,14H2,1H3,(H,25,29)(H,26,33)(H,31,32)/b20-13-. The van der Waals surface area contributed by atoms with Gasteiger partial charge < -0.3 is 20.3 Å². The van der Waals surface area contributed by atoms with Crippen molar-refractivity contribution in [2.45, 2.75) is 6.92 Å². The van der Waals surface area contributed by atoms with Gasteiger partial charge in [0.1, 0.15) is 12.2 Å². The summed E-state index contributed by atoms with van der Waals surface area (Å²) in [6.45, 7) is 1.50. The molecule has 1 aliphatic rings. The highest BCUT2D eigenvalue weighted by Crippen LogP contribution is 2.19. The van der Waals surface area contributed by atoms with E-state index in [0.29, 0.717) is 17.1 Å². The maximum atomic E-state index is 12.8. The lowest BCUT2D eigenvalue weighted by Gasteiger charge is -2.12. The molecule has 9 heteroatoms. The number of carbonyl (C=O) groups excluding carboxylic acids is 3. The zero-order valence-corrected chi connectivity index (χ0v) is 17.6. The van der Waals surface area contributed by atoms with Crippen LogP contribution in [0, 0.1) is 6.92 Å². The Hall–Kier alpha value is -4.66. The lowest BCUT2D eigenvalue weighted by atomic mass is 10.2. The Labute approximate surface area is 188 Å². The summed E-state index contributed by atoms with van der Waals surface area (Å²) in [5.74, 6) is -2.14. The van der Waals surface area contributed by atoms with Gasteiger partial charge in [0.25, 0.3) is 5.91 Å². The summed E-state index contributed by atoms with van der Waals surface area (Å²) in [5.41, 5.74) is 3.07. The topological polar surface area (TPSA) is 121 Å². The van der Waals surface area contributed by atoms with Gasteiger partial charge in [0.2, 0.25) is 5.91 Å². The predicted molar refractivity (Wildman–Crippen MR) is 121 cm³/mol. The highest BCUT2D eigenvalue weighted by molar-refractivity contribution is 6.15. The van der Waals surface area contributed by atoms with Crippen molar-refractivity contribution >= 4 is 35.6 Å². The van der Waals surface area contributed by atoms with Crippen LogP contribution in [0.25, 0.3) is 11.8 Å². The molecule has 1 aliphatic heterocycles. The number of aryl methyl sites for hydroxylation is 1. The van der Waals surface area contributed by atoms with Crippen LogP contribution in [0.15, 0.2) is 72.6 Å². The smallest absolute Gasteiger partial charge is 0.335 e. The molecule has 3 aromatic rings. The Morgan fingerprint density at radius 1 is 1.03 bits per heavy atom. The van der Waals surface area contributed by atoms with Gasteiger partial charge in [-0.3, -0.25) is 9.59 Å². The quantitative estimate of drug-likeness (QED) is 0.399. The fourth-order valence-electron chi connectivity index (χ4n) is 3.36. The highest BCUT2D eigenvalue weighted by Gasteiger charge is 2.35. The predicted octanol–water partition coefficient (Wildman–Crippen LogP) is 3.02. The first-order valence-corrected chi connectivity index (χ1v) is 10.0. The Balaban J connectivity index is 1.49. The van der Waals surface area contributed by atoms with Crippen molar-refractivity contribution < 1.29 is 24.3 Å². The molecule has 0 atom stereocenters. The van der Waals surface area contributed by atoms with Crippen LogP contribution in [0.1, 0.15) is 21.6 Å². The Kier molecular flexibility index (Phi) is 5.77. The summed E-state index contributed by atoms with van der Waals surface area (Å²) in [4.78, 5) is 49.3. The molecule has 1 aromatic heterocycles. The number of hydrogen-bond donors (Lipinski definition) is 3. The largest absolute Gasteiger partial charge is 0.478 e. The number of benzene rings is 2. The average molecular weight is 444 g/mol. The Morgan fingerprint density at radius 2 is 1.73 bits per heavy atom. The first kappa shape index (κ1) is 21.6. The number of aromatic nitrogens is 1. The molecule has 0 unspecified atom stereocenters. The van der Waals surface area contributed by atoms with Crippen LogP contribution in [0.3, 0.4) is 0 Å². The zero-order valence-electron chi connectivity index (χ0n) is 17.6. The van der Waals surface area contributed by atoms with Crippen LogP contribution in [0.5, 0.6) is 0 Å². The number of anilines is 1. The van der Waals surface area contributed by atoms with E-state index in [4.69, 9.17) is 5.11 Å². The molecule has 9 nitrogen and oxygen atoms in total. The van der Waals surface area contributed by atoms with Crippen LogP contribution in [-0.2, 0) is 9.59 Å². The highest BCUT2D eigenvalue weighted by atomic mass is 16.4. The molecule has 0 saturated carbocycles. The van der Waals surface area contributed by atoms with Crippen LogP contribution in [0.2, 0.25) is 0 Å². The van der Waals surface area contributed by atoms with E-state index in [-0.39, 0.29) is 11.3 Å². The minimum Gasteiger partial charge on any atom is -0.478 e. The van der Waals surface area contributed by atoms with E-state index in [1.165, 1.54) is 18.2 Å². The molecule has 3 N–H and O–H groups in total. The van der Waals surface area contributed by atoms with Gasteiger partial charge in [0.15, 0.2) is 0 Å². The van der Waals surface area contributed by atoms with Gasteiger partial charge in [-0.2, -0.15) is 0 Å². The number of rotatable bonds is 6. The fraction of sp³-hybridized carbons (Fsp3) is 0.0833. The molecule has 4 amide bonds. The normalized spacial score (nSPS) is 14.5. The molecule has 0 radical (unpaired) electrons. The number of carbonyl (C=O) groups is 4. The van der Waals surface area contributed by atoms with Crippen molar-refractivity contribution in [3.63, 3.8) is 0 Å². The summed E-state index contributed by atoms with van der Waals surface area (Å²) < 4.78 is 1.74. The number of imide groups is 1. The van der Waals surface area contributed by atoms with E-state index >= 15 is 0 Å². The van der Waals surface area contributed by atoms with Crippen LogP contribution >= 0.6 is 0 Å². The first-order valence-electron chi connectivity index (χ1n) is 10.0. The van der Waals surface area contributed by atoms with Crippen molar-refractivity contribution in [3.05, 3.63) is 89.4 Å². The van der Waals surface area contributed by atoms with Crippen LogP contribution < -0.4 is 10.6 Å². The Morgan fingerprint density at radius 3 is 2.39 bits per heavy atom. The van der Waals surface area contributed by atoms with E-state index in [9.17, 15) is 19.2 Å². The van der Waals surface area contributed by atoms with Crippen LogP contribution in [-0.4, -0.2) is 44.9 Å². The summed E-state index contributed by atoms with van der Waals surface area (Å²) in [6.07, 6.45) is 3.25. The number of urea groups is 1. The summed E-state index contributed by atoms with van der Waals surface area (Å²) in [6, 6.07) is 16.2. The van der Waals surface area contributed by atoms with E-state index in [1.807, 2.05) is 19.1 Å². The third-order valence-electron chi connectivity index (χ3n) is 5.06. The molecular weight excluding hydrogens is 424 g/mol. The third kappa shape index (κ3) is 4.67. The molecule has 1 fully saturated rings. The molecule has 166 valence electrons. The van der Waals surface area contributed by atoms with E-state index in [2.05, 4.69) is 10.6 Å². The van der Waals surface area contributed by atoms with E-state index < -0.39 is 30.4 Å². The fourth-order valence-corrected chi connectivity index (χ4v) is 3.36. The lowest BCUT2D eigenvalue weighted by Crippen LogP contribution is -2.38. The summed E-state index contributed by atoms with van der Waals surface area (Å²) in [5, 5.41) is 14.2. The molecular formula is C24H20N4O5. The summed E-state index contributed by atoms with van der Waals surface area (Å²) in [7, 11) is 0. The van der Waals surface area contributed by atoms with Gasteiger partial charge in [-0.15, -0.1) is 0 Å². The molecule has 0 bridgehead atoms. The number of nitrogens with one attached hydrogen (secondary N) is 2. The Bertz CT molecular complexity index is 1270. The van der Waals surface area contributed by atoms with E-state index in [1.54, 1.807) is 47.2 Å². The van der Waals surface area contributed by atoms with Crippen molar-refractivity contribution in [1.82, 2.24) is 14.8 Å². The van der Waals surface area contributed by atoms with Gasteiger partial charge in [-0.25, -0.2) is 14.5 Å². The number of nitrogens with zero attached hydrogens (tertiary/aromatic N) is 2. The monoisotopic (exact) mass is 444 g/mol. The van der Waals surface area contributed by atoms with Gasteiger partial charge in [0.05, 0.1) is 5.56 Å². The molecule has 1 saturated heterocycles. The van der Waals surface area contributed by atoms with Gasteiger partial charge in [-0.05, 0) is 61.5 Å². The maximum absolute atomic E-state index is 12.8. The minimum absolute atomic E-state index is 0.0326. The summed E-state index contributed by atoms with van der Waals surface area (Å²) >= 11 is 0. The number of aromatic carboxylic acids is 1. The van der Waals surface area contributed by atoms with Gasteiger partial charge >= 0.3 is 12.0 Å². The van der Waals surface area contributed by atoms with E-state index in [0.717, 1.165) is 10.5 Å². The van der Waals surface area contributed by atoms with Crippen molar-refractivity contribution in [1.29, 1.82) is 0 Å². The second-order valence-electron chi connectivity index (χ2n) is 7.45. The van der Waals surface area contributed by atoms with Crippen molar-refractivity contribution in [3.8, 4) is 5.69 Å². The molecule has 33 heavy (non-hydrogen) atoms. The molecule has 2 aromatic carbocycles. The SMILES string of the molecule is Cc1ccc(NC(=O)CN2C(=O)N/C(=C\c3cccn3-c3ccc(C(=O)O)cc3)C2=O)cc1. The van der Waals surface area contributed by atoms with Crippen molar-refractivity contribution in [2.75, 3.05) is 11.9 Å². The molecule has 4 rings (SSSR count). The third-order valence-corrected chi connectivity index (χ3v) is 5.06. The maximum Gasteiger partial charge on any atom is 0.335 e. The second kappa shape index (κ2) is 8.83. The molecule has 0 spiro atoms. The van der Waals surface area contributed by atoms with Crippen LogP contribution in [0.4, 0.5) is 10.5 Å². The lowest BCUT2D eigenvalue weighted by molar-refractivity contribution is -0.127. The second-order valence-corrected chi connectivity index (χ2v) is 7.45. The number of hydrogen-bond acceptors (Lipinski definition) is 4. The average Bonchev–Trinajstić information content (AvgIpc) is 3.35. The molecule has 0 aliphatic carbocycles. The molecule has 2 heterocycles. The number of carboxylic acids is 1. The van der Waals surface area contributed by atoms with Gasteiger partial charge in [-0.1, -0.05) is 17.7 Å². The zero-order chi connectivity index (χ0) is 23.5. The minimum atomic E-state index is -1.03. The number of carboxylic acid groups (broad SMARTS) is 1. The number of amides is 4. The van der Waals surface area contributed by atoms with Crippen molar-refractivity contribution in [2.24, 2.45) is 0 Å². The van der Waals surface area contributed by atoms with Gasteiger partial charge in [0, 0.05) is 23.3 Å².